The van der Waals surface area contributed by atoms with Crippen LogP contribution in [0.25, 0.3) is 0 Å². The molecule has 0 atom stereocenters. The Hall–Kier alpha value is -3.39. The van der Waals surface area contributed by atoms with E-state index in [0.717, 1.165) is 9.87 Å². The molecule has 0 aliphatic carbocycles. The molecule has 0 bridgehead atoms. The molecule has 7 nitrogen and oxygen atoms in total. The van der Waals surface area contributed by atoms with Crippen LogP contribution in [0.3, 0.4) is 0 Å². The van der Waals surface area contributed by atoms with Crippen LogP contribution in [0.4, 0.5) is 5.69 Å². The Bertz CT molecular complexity index is 1080. The molecule has 29 heavy (non-hydrogen) atoms. The number of para-hydroxylation sites is 1. The van der Waals surface area contributed by atoms with Crippen molar-refractivity contribution in [2.24, 2.45) is 5.10 Å². The van der Waals surface area contributed by atoms with E-state index in [0.29, 0.717) is 17.9 Å². The fourth-order valence-corrected chi connectivity index (χ4v) is 4.25. The summed E-state index contributed by atoms with van der Waals surface area (Å²) in [6, 6.07) is 18.5. The minimum atomic E-state index is -3.95. The molecule has 3 rings (SSSR count). The molecule has 1 aromatic heterocycles. The van der Waals surface area contributed by atoms with Crippen LogP contribution in [0.1, 0.15) is 18.2 Å². The van der Waals surface area contributed by atoms with E-state index in [9.17, 15) is 13.2 Å². The first-order chi connectivity index (χ1) is 14.0. The molecule has 0 saturated heterocycles. The van der Waals surface area contributed by atoms with Crippen molar-refractivity contribution in [2.45, 2.75) is 18.2 Å². The van der Waals surface area contributed by atoms with Crippen molar-refractivity contribution in [1.29, 1.82) is 0 Å². The van der Waals surface area contributed by atoms with Gasteiger partial charge in [0.1, 0.15) is 12.3 Å². The van der Waals surface area contributed by atoms with Gasteiger partial charge >= 0.3 is 0 Å². The molecule has 1 heterocycles. The highest BCUT2D eigenvalue weighted by Gasteiger charge is 2.28. The van der Waals surface area contributed by atoms with Crippen LogP contribution in [0, 0.1) is 0 Å². The SMILES string of the molecule is CCc1ccccc1N(CC(=O)N/N=C\c1ccco1)S(=O)(=O)c1ccccc1. The first-order valence-corrected chi connectivity index (χ1v) is 10.5. The molecular weight excluding hydrogens is 390 g/mol. The van der Waals surface area contributed by atoms with Gasteiger partial charge in [0.15, 0.2) is 0 Å². The fraction of sp³-hybridized carbons (Fsp3) is 0.143. The van der Waals surface area contributed by atoms with Crippen molar-refractivity contribution >= 4 is 27.8 Å². The highest BCUT2D eigenvalue weighted by Crippen LogP contribution is 2.27. The standard InChI is InChI=1S/C21H21N3O4S/c1-2-17-9-6-7-13-20(17)24(29(26,27)19-11-4-3-5-12-19)16-21(25)23-22-15-18-10-8-14-28-18/h3-15H,2,16H2,1H3,(H,23,25)/b22-15-. The van der Waals surface area contributed by atoms with Gasteiger partial charge in [-0.05, 0) is 42.3 Å². The third-order valence-corrected chi connectivity index (χ3v) is 5.96. The van der Waals surface area contributed by atoms with Crippen LogP contribution < -0.4 is 9.73 Å². The van der Waals surface area contributed by atoms with Crippen molar-refractivity contribution in [3.63, 3.8) is 0 Å². The van der Waals surface area contributed by atoms with Gasteiger partial charge in [0.25, 0.3) is 15.9 Å². The topological polar surface area (TPSA) is 92.0 Å². The number of hydrogen-bond acceptors (Lipinski definition) is 5. The lowest BCUT2D eigenvalue weighted by molar-refractivity contribution is -0.119. The Kier molecular flexibility index (Phi) is 6.46. The molecular formula is C21H21N3O4S. The second kappa shape index (κ2) is 9.20. The summed E-state index contributed by atoms with van der Waals surface area (Å²) in [5.74, 6) is -0.103. The Morgan fingerprint density at radius 2 is 1.79 bits per heavy atom. The molecule has 150 valence electrons. The average Bonchev–Trinajstić information content (AvgIpc) is 3.26. The Balaban J connectivity index is 1.90. The maximum absolute atomic E-state index is 13.3. The zero-order valence-electron chi connectivity index (χ0n) is 15.9. The van der Waals surface area contributed by atoms with E-state index in [1.165, 1.54) is 24.6 Å². The average molecular weight is 411 g/mol. The number of amides is 1. The Morgan fingerprint density at radius 1 is 1.07 bits per heavy atom. The first-order valence-electron chi connectivity index (χ1n) is 9.03. The second-order valence-electron chi connectivity index (χ2n) is 6.12. The van der Waals surface area contributed by atoms with E-state index in [1.54, 1.807) is 42.5 Å². The lowest BCUT2D eigenvalue weighted by Crippen LogP contribution is -2.40. The number of anilines is 1. The number of aryl methyl sites for hydroxylation is 1. The van der Waals surface area contributed by atoms with Gasteiger partial charge in [-0.3, -0.25) is 9.10 Å². The summed E-state index contributed by atoms with van der Waals surface area (Å²) in [5, 5.41) is 3.82. The lowest BCUT2D eigenvalue weighted by Gasteiger charge is -2.25. The highest BCUT2D eigenvalue weighted by molar-refractivity contribution is 7.92. The van der Waals surface area contributed by atoms with Gasteiger partial charge in [-0.25, -0.2) is 13.8 Å². The van der Waals surface area contributed by atoms with Crippen molar-refractivity contribution in [3.05, 3.63) is 84.3 Å². The predicted octanol–water partition coefficient (Wildman–Crippen LogP) is 3.19. The van der Waals surface area contributed by atoms with Crippen LogP contribution in [0.15, 0.2) is 87.4 Å². The molecule has 0 aliphatic heterocycles. The first kappa shape index (κ1) is 20.3. The smallest absolute Gasteiger partial charge is 0.264 e. The maximum Gasteiger partial charge on any atom is 0.264 e. The number of carbonyl (C=O) groups is 1. The number of nitrogens with zero attached hydrogens (tertiary/aromatic N) is 2. The van der Waals surface area contributed by atoms with E-state index < -0.39 is 22.5 Å². The molecule has 8 heteroatoms. The summed E-state index contributed by atoms with van der Waals surface area (Å²) in [7, 11) is -3.95. The molecule has 2 aromatic carbocycles. The van der Waals surface area contributed by atoms with Gasteiger partial charge in [-0.15, -0.1) is 0 Å². The molecule has 1 amide bonds. The highest BCUT2D eigenvalue weighted by atomic mass is 32.2. The van der Waals surface area contributed by atoms with Gasteiger partial charge < -0.3 is 4.42 Å². The van der Waals surface area contributed by atoms with Crippen molar-refractivity contribution in [1.82, 2.24) is 5.43 Å². The third kappa shape index (κ3) is 4.91. The van der Waals surface area contributed by atoms with E-state index in [4.69, 9.17) is 4.42 Å². The second-order valence-corrected chi connectivity index (χ2v) is 7.98. The summed E-state index contributed by atoms with van der Waals surface area (Å²) in [4.78, 5) is 12.6. The monoisotopic (exact) mass is 411 g/mol. The van der Waals surface area contributed by atoms with E-state index >= 15 is 0 Å². The summed E-state index contributed by atoms with van der Waals surface area (Å²) in [6.45, 7) is 1.52. The molecule has 3 aromatic rings. The maximum atomic E-state index is 13.3. The Labute approximate surface area is 169 Å². The summed E-state index contributed by atoms with van der Waals surface area (Å²) in [6.07, 6.45) is 3.45. The van der Waals surface area contributed by atoms with Crippen molar-refractivity contribution < 1.29 is 17.6 Å². The molecule has 0 spiro atoms. The normalized spacial score (nSPS) is 11.5. The molecule has 0 saturated carbocycles. The zero-order valence-corrected chi connectivity index (χ0v) is 16.7. The van der Waals surface area contributed by atoms with Crippen LogP contribution in [0.2, 0.25) is 0 Å². The van der Waals surface area contributed by atoms with Gasteiger partial charge in [-0.2, -0.15) is 5.10 Å². The van der Waals surface area contributed by atoms with E-state index in [2.05, 4.69) is 10.5 Å². The van der Waals surface area contributed by atoms with Crippen LogP contribution in [-0.2, 0) is 21.2 Å². The summed E-state index contributed by atoms with van der Waals surface area (Å²) in [5.41, 5.74) is 3.63. The lowest BCUT2D eigenvalue weighted by atomic mass is 10.1. The predicted molar refractivity (Wildman–Crippen MR) is 111 cm³/mol. The minimum absolute atomic E-state index is 0.109. The number of sulfonamides is 1. The minimum Gasteiger partial charge on any atom is -0.463 e. The van der Waals surface area contributed by atoms with E-state index in [-0.39, 0.29) is 4.90 Å². The fourth-order valence-electron chi connectivity index (χ4n) is 2.77. The van der Waals surface area contributed by atoms with Crippen LogP contribution in [0.5, 0.6) is 0 Å². The molecule has 0 radical (unpaired) electrons. The van der Waals surface area contributed by atoms with Crippen molar-refractivity contribution in [3.8, 4) is 0 Å². The van der Waals surface area contributed by atoms with Gasteiger partial charge in [0, 0.05) is 0 Å². The van der Waals surface area contributed by atoms with Gasteiger partial charge in [0.2, 0.25) is 0 Å². The molecule has 0 fully saturated rings. The number of hydrazone groups is 1. The molecule has 0 unspecified atom stereocenters. The van der Waals surface area contributed by atoms with Gasteiger partial charge in [-0.1, -0.05) is 43.3 Å². The third-order valence-electron chi connectivity index (χ3n) is 4.18. The number of furan rings is 1. The van der Waals surface area contributed by atoms with Crippen molar-refractivity contribution in [2.75, 3.05) is 10.8 Å². The number of carbonyl (C=O) groups excluding carboxylic acids is 1. The van der Waals surface area contributed by atoms with Gasteiger partial charge in [0.05, 0.1) is 23.1 Å². The number of nitrogens with one attached hydrogen (secondary N) is 1. The largest absolute Gasteiger partial charge is 0.463 e. The number of benzene rings is 2. The quantitative estimate of drug-likeness (QED) is 0.455. The number of hydrogen-bond donors (Lipinski definition) is 1. The number of rotatable bonds is 8. The van der Waals surface area contributed by atoms with Crippen LogP contribution >= 0.6 is 0 Å². The zero-order chi connectivity index (χ0) is 20.7. The molecule has 1 N–H and O–H groups in total. The Morgan fingerprint density at radius 3 is 2.48 bits per heavy atom. The van der Waals surface area contributed by atoms with Crippen LogP contribution in [-0.4, -0.2) is 27.1 Å². The van der Waals surface area contributed by atoms with E-state index in [1.807, 2.05) is 19.1 Å². The summed E-state index contributed by atoms with van der Waals surface area (Å²) < 4.78 is 32.8. The molecule has 0 aliphatic rings. The summed E-state index contributed by atoms with van der Waals surface area (Å²) >= 11 is 0.